The van der Waals surface area contributed by atoms with Gasteiger partial charge in [0.15, 0.2) is 0 Å². The Balaban J connectivity index is 2.15. The van der Waals surface area contributed by atoms with E-state index in [2.05, 4.69) is 21.2 Å². The maximum Gasteiger partial charge on any atom is 0.292 e. The van der Waals surface area contributed by atoms with E-state index >= 15 is 0 Å². The minimum absolute atomic E-state index is 0.0295. The minimum Gasteiger partial charge on any atom is -0.375 e. The number of nitrogens with zero attached hydrogens (tertiary/aromatic N) is 2. The molecule has 0 aliphatic carbocycles. The average molecular weight is 332 g/mol. The first-order valence-corrected chi connectivity index (χ1v) is 6.56. The quantitative estimate of drug-likeness (QED) is 0.681. The summed E-state index contributed by atoms with van der Waals surface area (Å²) in [5, 5.41) is 22.7. The van der Waals surface area contributed by atoms with Crippen molar-refractivity contribution in [1.29, 1.82) is 5.26 Å². The third kappa shape index (κ3) is 3.33. The highest BCUT2D eigenvalue weighted by Gasteiger charge is 2.13. The van der Waals surface area contributed by atoms with Crippen LogP contribution >= 0.6 is 15.9 Å². The monoisotopic (exact) mass is 331 g/mol. The molecule has 0 aliphatic heterocycles. The van der Waals surface area contributed by atoms with Crippen molar-refractivity contribution in [3.8, 4) is 6.07 Å². The van der Waals surface area contributed by atoms with Crippen molar-refractivity contribution in [2.45, 2.75) is 6.54 Å². The van der Waals surface area contributed by atoms with Crippen LogP contribution in [-0.4, -0.2) is 4.92 Å². The fourth-order valence-electron chi connectivity index (χ4n) is 1.70. The summed E-state index contributed by atoms with van der Waals surface area (Å²) in [6.07, 6.45) is 0. The molecule has 2 aromatic rings. The predicted octanol–water partition coefficient (Wildman–Crippen LogP) is 3.84. The summed E-state index contributed by atoms with van der Waals surface area (Å²) < 4.78 is 0.769. The predicted molar refractivity (Wildman–Crippen MR) is 79.3 cm³/mol. The number of halogens is 1. The van der Waals surface area contributed by atoms with Crippen LogP contribution in [0.4, 0.5) is 11.4 Å². The molecule has 0 saturated heterocycles. The SMILES string of the molecule is N#Cc1ccc(CNc2cc(Br)ccc2[N+](=O)[O-])cc1. The molecule has 0 aliphatic rings. The largest absolute Gasteiger partial charge is 0.375 e. The Morgan fingerprint density at radius 3 is 2.55 bits per heavy atom. The normalized spacial score (nSPS) is 9.80. The number of anilines is 1. The van der Waals surface area contributed by atoms with Crippen LogP contribution in [0.1, 0.15) is 11.1 Å². The number of nitriles is 1. The second kappa shape index (κ2) is 6.17. The molecule has 0 saturated carbocycles. The molecule has 2 rings (SSSR count). The van der Waals surface area contributed by atoms with Gasteiger partial charge in [0.25, 0.3) is 5.69 Å². The van der Waals surface area contributed by atoms with Crippen molar-refractivity contribution >= 4 is 27.3 Å². The highest BCUT2D eigenvalue weighted by Crippen LogP contribution is 2.28. The van der Waals surface area contributed by atoms with Gasteiger partial charge >= 0.3 is 0 Å². The molecule has 0 atom stereocenters. The Labute approximate surface area is 124 Å². The van der Waals surface area contributed by atoms with E-state index in [0.29, 0.717) is 17.8 Å². The van der Waals surface area contributed by atoms with E-state index in [0.717, 1.165) is 10.0 Å². The number of benzene rings is 2. The van der Waals surface area contributed by atoms with Crippen LogP contribution in [0.3, 0.4) is 0 Å². The Bertz CT molecular complexity index is 678. The Kier molecular flexibility index (Phi) is 4.33. The van der Waals surface area contributed by atoms with Crippen LogP contribution in [-0.2, 0) is 6.54 Å². The second-order valence-electron chi connectivity index (χ2n) is 4.08. The molecular formula is C14H10BrN3O2. The van der Waals surface area contributed by atoms with Crippen LogP contribution in [0, 0.1) is 21.4 Å². The van der Waals surface area contributed by atoms with Crippen LogP contribution in [0.2, 0.25) is 0 Å². The first kappa shape index (κ1) is 14.0. The maximum atomic E-state index is 10.9. The summed E-state index contributed by atoms with van der Waals surface area (Å²) in [6.45, 7) is 0.447. The summed E-state index contributed by atoms with van der Waals surface area (Å²) >= 11 is 3.29. The van der Waals surface area contributed by atoms with Gasteiger partial charge in [-0.2, -0.15) is 5.26 Å². The number of hydrogen-bond donors (Lipinski definition) is 1. The van der Waals surface area contributed by atoms with Crippen LogP contribution in [0.5, 0.6) is 0 Å². The Morgan fingerprint density at radius 1 is 1.25 bits per heavy atom. The lowest BCUT2D eigenvalue weighted by Gasteiger charge is -2.07. The van der Waals surface area contributed by atoms with Gasteiger partial charge in [-0.05, 0) is 29.8 Å². The van der Waals surface area contributed by atoms with Crippen molar-refractivity contribution in [2.75, 3.05) is 5.32 Å². The summed E-state index contributed by atoms with van der Waals surface area (Å²) in [6, 6.07) is 13.9. The van der Waals surface area contributed by atoms with Crippen LogP contribution in [0.15, 0.2) is 46.9 Å². The van der Waals surface area contributed by atoms with Gasteiger partial charge in [0.05, 0.1) is 16.6 Å². The zero-order valence-electron chi connectivity index (χ0n) is 10.3. The highest BCUT2D eigenvalue weighted by molar-refractivity contribution is 9.10. The molecule has 5 nitrogen and oxygen atoms in total. The zero-order valence-corrected chi connectivity index (χ0v) is 11.9. The number of nitro benzene ring substituents is 1. The van der Waals surface area contributed by atoms with E-state index in [9.17, 15) is 10.1 Å². The molecule has 0 amide bonds. The molecule has 0 fully saturated rings. The smallest absolute Gasteiger partial charge is 0.292 e. The van der Waals surface area contributed by atoms with E-state index in [1.165, 1.54) is 6.07 Å². The van der Waals surface area contributed by atoms with Gasteiger partial charge in [-0.25, -0.2) is 0 Å². The van der Waals surface area contributed by atoms with Gasteiger partial charge in [0, 0.05) is 17.1 Å². The van der Waals surface area contributed by atoms with Crippen LogP contribution < -0.4 is 5.32 Å². The van der Waals surface area contributed by atoms with E-state index in [-0.39, 0.29) is 5.69 Å². The molecule has 100 valence electrons. The van der Waals surface area contributed by atoms with E-state index in [1.54, 1.807) is 24.3 Å². The number of nitrogens with one attached hydrogen (secondary N) is 1. The van der Waals surface area contributed by atoms with Crippen molar-refractivity contribution < 1.29 is 4.92 Å². The third-order valence-electron chi connectivity index (χ3n) is 2.72. The summed E-state index contributed by atoms with van der Waals surface area (Å²) in [5.41, 5.74) is 2.01. The molecule has 2 aromatic carbocycles. The van der Waals surface area contributed by atoms with Gasteiger partial charge in [-0.1, -0.05) is 28.1 Å². The molecular weight excluding hydrogens is 322 g/mol. The van der Waals surface area contributed by atoms with Crippen molar-refractivity contribution in [3.05, 3.63) is 68.2 Å². The fourth-order valence-corrected chi connectivity index (χ4v) is 2.06. The summed E-state index contributed by atoms with van der Waals surface area (Å²) in [4.78, 5) is 10.5. The van der Waals surface area contributed by atoms with E-state index in [1.807, 2.05) is 18.2 Å². The zero-order chi connectivity index (χ0) is 14.5. The molecule has 0 bridgehead atoms. The lowest BCUT2D eigenvalue weighted by molar-refractivity contribution is -0.384. The molecule has 1 N–H and O–H groups in total. The Hall–Kier alpha value is -2.39. The van der Waals surface area contributed by atoms with Gasteiger partial charge in [0.1, 0.15) is 5.69 Å². The van der Waals surface area contributed by atoms with Crippen molar-refractivity contribution in [1.82, 2.24) is 0 Å². The van der Waals surface area contributed by atoms with E-state index in [4.69, 9.17) is 5.26 Å². The van der Waals surface area contributed by atoms with Crippen LogP contribution in [0.25, 0.3) is 0 Å². The molecule has 0 aromatic heterocycles. The molecule has 0 radical (unpaired) electrons. The number of rotatable bonds is 4. The second-order valence-corrected chi connectivity index (χ2v) is 5.00. The fraction of sp³-hybridized carbons (Fsp3) is 0.0714. The van der Waals surface area contributed by atoms with Gasteiger partial charge < -0.3 is 5.32 Å². The van der Waals surface area contributed by atoms with E-state index < -0.39 is 4.92 Å². The standard InChI is InChI=1S/C14H10BrN3O2/c15-12-5-6-14(18(19)20)13(7-12)17-9-11-3-1-10(8-16)2-4-11/h1-7,17H,9H2. The van der Waals surface area contributed by atoms with Gasteiger partial charge in [-0.15, -0.1) is 0 Å². The molecule has 20 heavy (non-hydrogen) atoms. The summed E-state index contributed by atoms with van der Waals surface area (Å²) in [5.74, 6) is 0. The lowest BCUT2D eigenvalue weighted by Crippen LogP contribution is -2.02. The van der Waals surface area contributed by atoms with Gasteiger partial charge in [0.2, 0.25) is 0 Å². The first-order valence-electron chi connectivity index (χ1n) is 5.77. The van der Waals surface area contributed by atoms with Crippen molar-refractivity contribution in [3.63, 3.8) is 0 Å². The topological polar surface area (TPSA) is 79.0 Å². The maximum absolute atomic E-state index is 10.9. The first-order chi connectivity index (χ1) is 9.60. The Morgan fingerprint density at radius 2 is 1.95 bits per heavy atom. The molecule has 0 unspecified atom stereocenters. The number of nitro groups is 1. The molecule has 0 spiro atoms. The highest BCUT2D eigenvalue weighted by atomic mass is 79.9. The minimum atomic E-state index is -0.423. The van der Waals surface area contributed by atoms with Crippen molar-refractivity contribution in [2.24, 2.45) is 0 Å². The molecule has 0 heterocycles. The van der Waals surface area contributed by atoms with Gasteiger partial charge in [-0.3, -0.25) is 10.1 Å². The average Bonchev–Trinajstić information content (AvgIpc) is 2.45. The molecule has 6 heteroatoms. The number of hydrogen-bond acceptors (Lipinski definition) is 4. The lowest BCUT2D eigenvalue weighted by atomic mass is 10.1. The third-order valence-corrected chi connectivity index (χ3v) is 3.21. The summed E-state index contributed by atoms with van der Waals surface area (Å²) in [7, 11) is 0.